The second kappa shape index (κ2) is 9.13. The Bertz CT molecular complexity index is 1220. The smallest absolute Gasteiger partial charge is 0.263 e. The summed E-state index contributed by atoms with van der Waals surface area (Å²) in [7, 11) is 0. The molecule has 0 radical (unpaired) electrons. The molecule has 0 N–H and O–H groups in total. The summed E-state index contributed by atoms with van der Waals surface area (Å²) in [5.74, 6) is 0.781. The number of aryl methyl sites for hydroxylation is 2. The fourth-order valence-corrected chi connectivity index (χ4v) is 6.56. The molecule has 1 saturated heterocycles. The van der Waals surface area contributed by atoms with E-state index in [2.05, 4.69) is 6.92 Å². The third-order valence-electron chi connectivity index (χ3n) is 5.95. The van der Waals surface area contributed by atoms with Gasteiger partial charge in [0, 0.05) is 28.4 Å². The van der Waals surface area contributed by atoms with Gasteiger partial charge in [0.25, 0.3) is 5.56 Å². The molecule has 0 aliphatic carbocycles. The number of thioether (sulfide) groups is 1. The van der Waals surface area contributed by atoms with Crippen molar-refractivity contribution in [3.8, 4) is 5.75 Å². The summed E-state index contributed by atoms with van der Waals surface area (Å²) in [6.45, 7) is 5.79. The van der Waals surface area contributed by atoms with Crippen LogP contribution in [-0.2, 0) is 34.8 Å². The Morgan fingerprint density at radius 1 is 1.38 bits per heavy atom. The number of ether oxygens (including phenoxy) is 3. The van der Waals surface area contributed by atoms with E-state index in [9.17, 15) is 9.18 Å². The maximum absolute atomic E-state index is 14.2. The minimum absolute atomic E-state index is 0.0125. The zero-order chi connectivity index (χ0) is 22.2. The lowest BCUT2D eigenvalue weighted by molar-refractivity contribution is -0.0171. The Kier molecular flexibility index (Phi) is 6.24. The molecule has 4 heterocycles. The molecule has 2 aliphatic rings. The number of thiophene rings is 1. The van der Waals surface area contributed by atoms with Crippen LogP contribution in [0.1, 0.15) is 41.3 Å². The van der Waals surface area contributed by atoms with Gasteiger partial charge in [-0.05, 0) is 43.9 Å². The first-order valence-corrected chi connectivity index (χ1v) is 12.6. The summed E-state index contributed by atoms with van der Waals surface area (Å²) in [5, 5.41) is 1.35. The molecule has 5 rings (SSSR count). The quantitative estimate of drug-likeness (QED) is 0.376. The molecule has 6 nitrogen and oxygen atoms in total. The van der Waals surface area contributed by atoms with E-state index in [-0.39, 0.29) is 24.3 Å². The van der Waals surface area contributed by atoms with Gasteiger partial charge in [0.2, 0.25) is 0 Å². The molecule has 2 aliphatic heterocycles. The van der Waals surface area contributed by atoms with Gasteiger partial charge in [-0.2, -0.15) is 0 Å². The van der Waals surface area contributed by atoms with E-state index < -0.39 is 0 Å². The zero-order valence-electron chi connectivity index (χ0n) is 18.1. The highest BCUT2D eigenvalue weighted by molar-refractivity contribution is 7.98. The van der Waals surface area contributed by atoms with Crippen molar-refractivity contribution in [2.24, 2.45) is 0 Å². The van der Waals surface area contributed by atoms with Gasteiger partial charge in [0.1, 0.15) is 16.4 Å². The molecule has 2 aromatic heterocycles. The maximum Gasteiger partial charge on any atom is 0.263 e. The van der Waals surface area contributed by atoms with Crippen LogP contribution in [-0.4, -0.2) is 29.1 Å². The lowest BCUT2D eigenvalue weighted by Gasteiger charge is -2.21. The van der Waals surface area contributed by atoms with Crippen molar-refractivity contribution in [3.63, 3.8) is 0 Å². The molecule has 32 heavy (non-hydrogen) atoms. The molecule has 9 heteroatoms. The van der Waals surface area contributed by atoms with Crippen LogP contribution in [0.4, 0.5) is 4.39 Å². The summed E-state index contributed by atoms with van der Waals surface area (Å²) < 4.78 is 32.7. The van der Waals surface area contributed by atoms with Crippen molar-refractivity contribution in [1.82, 2.24) is 9.55 Å². The van der Waals surface area contributed by atoms with Gasteiger partial charge in [-0.3, -0.25) is 9.36 Å². The van der Waals surface area contributed by atoms with Gasteiger partial charge in [-0.15, -0.1) is 11.3 Å². The average Bonchev–Trinajstić information content (AvgIpc) is 3.41. The normalized spacial score (nSPS) is 18.2. The van der Waals surface area contributed by atoms with E-state index in [1.54, 1.807) is 15.9 Å². The Morgan fingerprint density at radius 3 is 3.03 bits per heavy atom. The highest BCUT2D eigenvalue weighted by Crippen LogP contribution is 2.35. The standard InChI is InChI=1S/C23H25FN2O4S2/c1-3-18-13(2)32-21-19(18)22(27)26(9-17-5-4-6-29-17)23(25-21)31-11-15-8-16(24)7-14-10-28-12-30-20(14)15/h7-8,17H,3-6,9-12H2,1-2H3. The first-order valence-electron chi connectivity index (χ1n) is 10.8. The van der Waals surface area contributed by atoms with Crippen molar-refractivity contribution >= 4 is 33.3 Å². The highest BCUT2D eigenvalue weighted by Gasteiger charge is 2.24. The van der Waals surface area contributed by atoms with Gasteiger partial charge in [0.05, 0.1) is 24.6 Å². The number of nitrogens with zero attached hydrogens (tertiary/aromatic N) is 2. The van der Waals surface area contributed by atoms with Gasteiger partial charge >= 0.3 is 0 Å². The molecule has 0 bridgehead atoms. The number of benzene rings is 1. The average molecular weight is 477 g/mol. The first kappa shape index (κ1) is 21.9. The molecule has 3 aromatic rings. The number of fused-ring (bicyclic) bond motifs is 2. The number of hydrogen-bond donors (Lipinski definition) is 0. The van der Waals surface area contributed by atoms with E-state index >= 15 is 0 Å². The first-order chi connectivity index (χ1) is 15.5. The van der Waals surface area contributed by atoms with Gasteiger partial charge in [0.15, 0.2) is 11.9 Å². The lowest BCUT2D eigenvalue weighted by Crippen LogP contribution is -2.29. The Hall–Kier alpha value is -1.94. The molecule has 1 fully saturated rings. The molecule has 1 atom stereocenters. The molecule has 170 valence electrons. The number of hydrogen-bond acceptors (Lipinski definition) is 7. The Labute approximate surface area is 193 Å². The molecular weight excluding hydrogens is 451 g/mol. The SMILES string of the molecule is CCc1c(C)sc2nc(SCc3cc(F)cc4c3OCOC4)n(CC3CCCO3)c(=O)c12. The van der Waals surface area contributed by atoms with Crippen molar-refractivity contribution in [3.05, 3.63) is 49.9 Å². The molecule has 1 aromatic carbocycles. The molecule has 0 amide bonds. The van der Waals surface area contributed by atoms with Crippen LogP contribution in [0, 0.1) is 12.7 Å². The van der Waals surface area contributed by atoms with E-state index in [1.165, 1.54) is 23.9 Å². The van der Waals surface area contributed by atoms with Crippen molar-refractivity contribution in [2.75, 3.05) is 13.4 Å². The van der Waals surface area contributed by atoms with Crippen LogP contribution < -0.4 is 10.3 Å². The monoisotopic (exact) mass is 476 g/mol. The van der Waals surface area contributed by atoms with Crippen LogP contribution in [0.3, 0.4) is 0 Å². The van der Waals surface area contributed by atoms with Crippen LogP contribution >= 0.6 is 23.1 Å². The van der Waals surface area contributed by atoms with Crippen molar-refractivity contribution in [1.29, 1.82) is 0 Å². The lowest BCUT2D eigenvalue weighted by atomic mass is 10.1. The van der Waals surface area contributed by atoms with Crippen LogP contribution in [0.15, 0.2) is 22.1 Å². The summed E-state index contributed by atoms with van der Waals surface area (Å²) in [5.41, 5.74) is 2.50. The van der Waals surface area contributed by atoms with Crippen LogP contribution in [0.25, 0.3) is 10.2 Å². The minimum Gasteiger partial charge on any atom is -0.467 e. The van der Waals surface area contributed by atoms with Gasteiger partial charge in [-0.1, -0.05) is 18.7 Å². The van der Waals surface area contributed by atoms with E-state index in [0.29, 0.717) is 35.4 Å². The predicted octanol–water partition coefficient (Wildman–Crippen LogP) is 4.81. The Morgan fingerprint density at radius 2 is 2.25 bits per heavy atom. The number of aromatic nitrogens is 2. The maximum atomic E-state index is 14.2. The summed E-state index contributed by atoms with van der Waals surface area (Å²) in [6.07, 6.45) is 2.75. The second-order valence-electron chi connectivity index (χ2n) is 8.07. The molecular formula is C23H25FN2O4S2. The predicted molar refractivity (Wildman–Crippen MR) is 123 cm³/mol. The summed E-state index contributed by atoms with van der Waals surface area (Å²) in [6, 6.07) is 2.93. The van der Waals surface area contributed by atoms with E-state index in [4.69, 9.17) is 19.2 Å². The highest BCUT2D eigenvalue weighted by atomic mass is 32.2. The number of halogens is 1. The van der Waals surface area contributed by atoms with Crippen LogP contribution in [0.5, 0.6) is 5.75 Å². The zero-order valence-corrected chi connectivity index (χ0v) is 19.7. The largest absolute Gasteiger partial charge is 0.467 e. The van der Waals surface area contributed by atoms with Crippen LogP contribution in [0.2, 0.25) is 0 Å². The molecule has 1 unspecified atom stereocenters. The third kappa shape index (κ3) is 4.07. The third-order valence-corrected chi connectivity index (χ3v) is 8.02. The number of rotatable bonds is 6. The summed E-state index contributed by atoms with van der Waals surface area (Å²) in [4.78, 5) is 20.4. The van der Waals surface area contributed by atoms with E-state index in [0.717, 1.165) is 52.1 Å². The van der Waals surface area contributed by atoms with Gasteiger partial charge < -0.3 is 14.2 Å². The summed E-state index contributed by atoms with van der Waals surface area (Å²) >= 11 is 2.99. The minimum atomic E-state index is -0.324. The molecule has 0 saturated carbocycles. The fourth-order valence-electron chi connectivity index (χ4n) is 4.43. The molecule has 0 spiro atoms. The van der Waals surface area contributed by atoms with E-state index in [1.807, 2.05) is 6.92 Å². The second-order valence-corrected chi connectivity index (χ2v) is 10.2. The fraction of sp³-hybridized carbons (Fsp3) is 0.478. The van der Waals surface area contributed by atoms with Crippen molar-refractivity contribution in [2.45, 2.75) is 63.3 Å². The van der Waals surface area contributed by atoms with Crippen molar-refractivity contribution < 1.29 is 18.6 Å². The van der Waals surface area contributed by atoms with Gasteiger partial charge in [-0.25, -0.2) is 9.37 Å². The Balaban J connectivity index is 1.54. The topological polar surface area (TPSA) is 62.6 Å².